The second-order valence-corrected chi connectivity index (χ2v) is 8.12. The summed E-state index contributed by atoms with van der Waals surface area (Å²) in [6.45, 7) is 7.07. The highest BCUT2D eigenvalue weighted by molar-refractivity contribution is 5.57. The molecule has 0 bridgehead atoms. The Morgan fingerprint density at radius 1 is 1.12 bits per heavy atom. The Balaban J connectivity index is 1.80. The van der Waals surface area contributed by atoms with Gasteiger partial charge in [0.05, 0.1) is 6.61 Å². The first-order valence-corrected chi connectivity index (χ1v) is 9.77. The van der Waals surface area contributed by atoms with Crippen molar-refractivity contribution in [3.63, 3.8) is 0 Å². The molecule has 0 aliphatic carbocycles. The molecule has 2 aliphatic rings. The summed E-state index contributed by atoms with van der Waals surface area (Å²) < 4.78 is 12.4. The van der Waals surface area contributed by atoms with E-state index < -0.39 is 0 Å². The van der Waals surface area contributed by atoms with Crippen molar-refractivity contribution in [3.8, 4) is 17.2 Å². The zero-order chi connectivity index (χ0) is 18.3. The number of para-hydroxylation sites is 1. The lowest BCUT2D eigenvalue weighted by atomic mass is 9.69. The Hall–Kier alpha value is -2.16. The van der Waals surface area contributed by atoms with Gasteiger partial charge < -0.3 is 14.6 Å². The molecule has 1 N–H and O–H groups in total. The van der Waals surface area contributed by atoms with E-state index in [0.717, 1.165) is 41.0 Å². The van der Waals surface area contributed by atoms with Crippen molar-refractivity contribution in [2.24, 2.45) is 5.92 Å². The molecule has 0 fully saturated rings. The minimum Gasteiger partial charge on any atom is -0.507 e. The van der Waals surface area contributed by atoms with Crippen LogP contribution in [0.2, 0.25) is 0 Å². The van der Waals surface area contributed by atoms with E-state index >= 15 is 0 Å². The third-order valence-corrected chi connectivity index (χ3v) is 5.90. The van der Waals surface area contributed by atoms with Crippen molar-refractivity contribution >= 4 is 0 Å². The number of aromatic hydroxyl groups is 1. The van der Waals surface area contributed by atoms with E-state index in [1.165, 1.54) is 12.8 Å². The van der Waals surface area contributed by atoms with E-state index in [4.69, 9.17) is 9.47 Å². The molecule has 138 valence electrons. The molecular weight excluding hydrogens is 324 g/mol. The SMILES string of the molecule is CCCCCc1cc(O)c2c(c1)OC(C)(C)C1COc3ccccc3C21. The fraction of sp³-hybridized carbons (Fsp3) is 0.478. The Morgan fingerprint density at radius 3 is 2.73 bits per heavy atom. The van der Waals surface area contributed by atoms with Crippen LogP contribution in [0.4, 0.5) is 0 Å². The number of hydrogen-bond donors (Lipinski definition) is 1. The summed E-state index contributed by atoms with van der Waals surface area (Å²) in [7, 11) is 0. The summed E-state index contributed by atoms with van der Waals surface area (Å²) in [5.74, 6) is 2.38. The summed E-state index contributed by atoms with van der Waals surface area (Å²) in [4.78, 5) is 0. The van der Waals surface area contributed by atoms with E-state index in [9.17, 15) is 5.11 Å². The molecule has 2 aliphatic heterocycles. The highest BCUT2D eigenvalue weighted by Crippen LogP contribution is 2.55. The van der Waals surface area contributed by atoms with Crippen LogP contribution < -0.4 is 9.47 Å². The summed E-state index contributed by atoms with van der Waals surface area (Å²) in [5.41, 5.74) is 2.88. The van der Waals surface area contributed by atoms with E-state index in [-0.39, 0.29) is 17.4 Å². The number of rotatable bonds is 4. The number of benzene rings is 2. The molecule has 2 atom stereocenters. The first-order chi connectivity index (χ1) is 12.5. The molecule has 3 heteroatoms. The van der Waals surface area contributed by atoms with E-state index in [2.05, 4.69) is 32.9 Å². The molecule has 3 nitrogen and oxygen atoms in total. The van der Waals surface area contributed by atoms with Gasteiger partial charge in [-0.15, -0.1) is 0 Å². The van der Waals surface area contributed by atoms with Crippen LogP contribution in [0.15, 0.2) is 36.4 Å². The first kappa shape index (κ1) is 17.3. The molecule has 0 aromatic heterocycles. The lowest BCUT2D eigenvalue weighted by molar-refractivity contribution is -0.0144. The van der Waals surface area contributed by atoms with Crippen molar-refractivity contribution in [1.29, 1.82) is 0 Å². The molecule has 26 heavy (non-hydrogen) atoms. The molecule has 0 amide bonds. The minimum absolute atomic E-state index is 0.100. The smallest absolute Gasteiger partial charge is 0.127 e. The maximum absolute atomic E-state index is 10.9. The number of hydrogen-bond acceptors (Lipinski definition) is 3. The van der Waals surface area contributed by atoms with E-state index in [1.54, 1.807) is 0 Å². The number of ether oxygens (including phenoxy) is 2. The predicted octanol–water partition coefficient (Wildman–Crippen LogP) is 5.44. The molecular formula is C23H28O3. The molecule has 0 spiro atoms. The number of unbranched alkanes of at least 4 members (excludes halogenated alkanes) is 2. The molecule has 2 heterocycles. The van der Waals surface area contributed by atoms with Crippen LogP contribution in [-0.4, -0.2) is 17.3 Å². The Labute approximate surface area is 156 Å². The fourth-order valence-corrected chi connectivity index (χ4v) is 4.47. The summed E-state index contributed by atoms with van der Waals surface area (Å²) in [6, 6.07) is 12.3. The zero-order valence-corrected chi connectivity index (χ0v) is 15.9. The van der Waals surface area contributed by atoms with Gasteiger partial charge in [0.15, 0.2) is 0 Å². The van der Waals surface area contributed by atoms with Crippen molar-refractivity contribution in [2.75, 3.05) is 6.61 Å². The van der Waals surface area contributed by atoms with Crippen molar-refractivity contribution in [3.05, 3.63) is 53.1 Å². The lowest BCUT2D eigenvalue weighted by Crippen LogP contribution is -2.49. The highest BCUT2D eigenvalue weighted by Gasteiger charge is 2.48. The Morgan fingerprint density at radius 2 is 1.92 bits per heavy atom. The van der Waals surface area contributed by atoms with Crippen LogP contribution in [-0.2, 0) is 6.42 Å². The van der Waals surface area contributed by atoms with Gasteiger partial charge in [-0.25, -0.2) is 0 Å². The maximum atomic E-state index is 10.9. The molecule has 0 saturated heterocycles. The van der Waals surface area contributed by atoms with Gasteiger partial charge in [0, 0.05) is 23.0 Å². The summed E-state index contributed by atoms with van der Waals surface area (Å²) in [6.07, 6.45) is 4.52. The number of phenols is 1. The van der Waals surface area contributed by atoms with Crippen LogP contribution in [0, 0.1) is 5.92 Å². The van der Waals surface area contributed by atoms with Crippen molar-refractivity contribution < 1.29 is 14.6 Å². The number of aryl methyl sites for hydroxylation is 1. The fourth-order valence-electron chi connectivity index (χ4n) is 4.47. The van der Waals surface area contributed by atoms with Crippen molar-refractivity contribution in [2.45, 2.75) is 58.0 Å². The standard InChI is InChI=1S/C23H28O3/c1-4-5-6-9-15-12-18(24)22-20(13-15)26-23(2,3)17-14-25-19-11-8-7-10-16(19)21(17)22/h7-8,10-13,17,21,24H,4-6,9,14H2,1-3H3. The molecule has 2 aromatic rings. The third-order valence-electron chi connectivity index (χ3n) is 5.90. The Bertz CT molecular complexity index is 809. The zero-order valence-electron chi connectivity index (χ0n) is 15.9. The monoisotopic (exact) mass is 352 g/mol. The molecule has 0 radical (unpaired) electrons. The average Bonchev–Trinajstić information content (AvgIpc) is 2.60. The first-order valence-electron chi connectivity index (χ1n) is 9.77. The van der Waals surface area contributed by atoms with Crippen LogP contribution >= 0.6 is 0 Å². The largest absolute Gasteiger partial charge is 0.507 e. The molecule has 0 saturated carbocycles. The van der Waals surface area contributed by atoms with Crippen LogP contribution in [0.1, 0.15) is 62.6 Å². The number of fused-ring (bicyclic) bond motifs is 5. The van der Waals surface area contributed by atoms with E-state index in [1.807, 2.05) is 24.3 Å². The topological polar surface area (TPSA) is 38.7 Å². The van der Waals surface area contributed by atoms with Gasteiger partial charge in [-0.05, 0) is 50.5 Å². The van der Waals surface area contributed by atoms with Gasteiger partial charge >= 0.3 is 0 Å². The van der Waals surface area contributed by atoms with Crippen LogP contribution in [0.25, 0.3) is 0 Å². The molecule has 2 aromatic carbocycles. The molecule has 2 unspecified atom stereocenters. The second-order valence-electron chi connectivity index (χ2n) is 8.12. The minimum atomic E-state index is -0.348. The van der Waals surface area contributed by atoms with Gasteiger partial charge in [0.25, 0.3) is 0 Å². The number of phenolic OH excluding ortho intramolecular Hbond substituents is 1. The van der Waals surface area contributed by atoms with E-state index in [0.29, 0.717) is 12.4 Å². The van der Waals surface area contributed by atoms with Gasteiger partial charge in [0.2, 0.25) is 0 Å². The summed E-state index contributed by atoms with van der Waals surface area (Å²) in [5, 5.41) is 10.9. The quantitative estimate of drug-likeness (QED) is 0.745. The maximum Gasteiger partial charge on any atom is 0.127 e. The van der Waals surface area contributed by atoms with Gasteiger partial charge in [0.1, 0.15) is 22.8 Å². The van der Waals surface area contributed by atoms with Gasteiger partial charge in [-0.3, -0.25) is 0 Å². The van der Waals surface area contributed by atoms with Crippen LogP contribution in [0.5, 0.6) is 17.2 Å². The lowest BCUT2D eigenvalue weighted by Gasteiger charge is -2.47. The van der Waals surface area contributed by atoms with Gasteiger partial charge in [-0.1, -0.05) is 38.0 Å². The Kier molecular flexibility index (Phi) is 4.34. The van der Waals surface area contributed by atoms with Crippen LogP contribution in [0.3, 0.4) is 0 Å². The predicted molar refractivity (Wildman–Crippen MR) is 103 cm³/mol. The van der Waals surface area contributed by atoms with Crippen molar-refractivity contribution in [1.82, 2.24) is 0 Å². The molecule has 4 rings (SSSR count). The van der Waals surface area contributed by atoms with Gasteiger partial charge in [-0.2, -0.15) is 0 Å². The highest BCUT2D eigenvalue weighted by atomic mass is 16.5. The second kappa shape index (κ2) is 6.53. The third kappa shape index (κ3) is 2.84. The summed E-state index contributed by atoms with van der Waals surface area (Å²) >= 11 is 0. The normalized spacial score (nSPS) is 22.4. The average molecular weight is 352 g/mol.